The fourth-order valence-electron chi connectivity index (χ4n) is 1.07. The molecule has 10 heteroatoms. The average molecular weight is 324 g/mol. The highest BCUT2D eigenvalue weighted by molar-refractivity contribution is 8.76. The third kappa shape index (κ3) is 8.64. The maximum Gasteiger partial charge on any atom is 0.327 e. The molecule has 0 fully saturated rings. The van der Waals surface area contributed by atoms with Gasteiger partial charge in [0.2, 0.25) is 11.8 Å². The van der Waals surface area contributed by atoms with Gasteiger partial charge in [-0.3, -0.25) is 9.59 Å². The Kier molecular flexibility index (Phi) is 8.81. The molecule has 4 N–H and O–H groups in total. The summed E-state index contributed by atoms with van der Waals surface area (Å²) >= 11 is 0. The molecule has 0 heterocycles. The topological polar surface area (TPSA) is 133 Å². The lowest BCUT2D eigenvalue weighted by molar-refractivity contribution is -0.141. The predicted octanol–water partition coefficient (Wildman–Crippen LogP) is -0.454. The van der Waals surface area contributed by atoms with Gasteiger partial charge in [0.05, 0.1) is 0 Å². The zero-order valence-electron chi connectivity index (χ0n) is 10.9. The van der Waals surface area contributed by atoms with Crippen LogP contribution in [0.25, 0.3) is 0 Å². The number of carboxylic acid groups (broad SMARTS) is 2. The zero-order chi connectivity index (χ0) is 15.7. The molecule has 0 aliphatic rings. The second kappa shape index (κ2) is 9.48. The number of hydrogen-bond acceptors (Lipinski definition) is 6. The summed E-state index contributed by atoms with van der Waals surface area (Å²) in [5.41, 5.74) is 0. The molecule has 0 unspecified atom stereocenters. The van der Waals surface area contributed by atoms with E-state index in [-0.39, 0.29) is 11.5 Å². The Balaban J connectivity index is 4.13. The van der Waals surface area contributed by atoms with Gasteiger partial charge in [-0.25, -0.2) is 9.59 Å². The van der Waals surface area contributed by atoms with Crippen LogP contribution in [-0.2, 0) is 19.2 Å². The molecule has 20 heavy (non-hydrogen) atoms. The van der Waals surface area contributed by atoms with Gasteiger partial charge in [-0.2, -0.15) is 0 Å². The van der Waals surface area contributed by atoms with Crippen LogP contribution in [0.3, 0.4) is 0 Å². The highest BCUT2D eigenvalue weighted by Gasteiger charge is 2.21. The molecule has 0 aliphatic heterocycles. The highest BCUT2D eigenvalue weighted by Crippen LogP contribution is 2.23. The lowest BCUT2D eigenvalue weighted by Gasteiger charge is -2.14. The number of nitrogens with one attached hydrogen (secondary N) is 2. The summed E-state index contributed by atoms with van der Waals surface area (Å²) in [7, 11) is 2.22. The van der Waals surface area contributed by atoms with Gasteiger partial charge in [-0.15, -0.1) is 0 Å². The molecule has 0 aromatic rings. The molecular formula is C10H16N2O6S2. The van der Waals surface area contributed by atoms with Crippen LogP contribution in [0, 0.1) is 0 Å². The van der Waals surface area contributed by atoms with Crippen LogP contribution in [0.15, 0.2) is 0 Å². The Hall–Kier alpha value is -1.42. The summed E-state index contributed by atoms with van der Waals surface area (Å²) in [6, 6.07) is -2.07. The number of carbonyl (C=O) groups excluding carboxylic acids is 2. The van der Waals surface area contributed by atoms with Crippen LogP contribution >= 0.6 is 21.6 Å². The number of amides is 2. The van der Waals surface area contributed by atoms with Gasteiger partial charge in [0.1, 0.15) is 12.1 Å². The lowest BCUT2D eigenvalue weighted by atomic mass is 10.3. The standard InChI is InChI=1S/C10H16N2O6S2/c1-5(13)11-7(9(15)16)3-19-20-4-8(10(17)18)12-6(2)14/h7-8H,3-4H2,1-2H3,(H,11,13)(H,12,14)(H,15,16)(H,17,18)/t7-,8-/m1/s1. The van der Waals surface area contributed by atoms with E-state index in [0.29, 0.717) is 0 Å². The maximum atomic E-state index is 10.8. The van der Waals surface area contributed by atoms with E-state index in [9.17, 15) is 19.2 Å². The molecule has 0 spiro atoms. The SMILES string of the molecule is CC(=O)N[C@H](CSSC[C@@H](NC(C)=O)C(=O)O)C(=O)O. The van der Waals surface area contributed by atoms with Crippen molar-refractivity contribution in [3.8, 4) is 0 Å². The molecule has 2 atom stereocenters. The molecule has 0 radical (unpaired) electrons. The van der Waals surface area contributed by atoms with Gasteiger partial charge >= 0.3 is 11.9 Å². The second-order valence-electron chi connectivity index (χ2n) is 3.75. The third-order valence-corrected chi connectivity index (χ3v) is 4.33. The van der Waals surface area contributed by atoms with Crippen LogP contribution < -0.4 is 10.6 Å². The molecule has 0 aromatic heterocycles. The number of aliphatic carboxylic acids is 2. The Bertz CT molecular complexity index is 354. The molecular weight excluding hydrogens is 308 g/mol. The Morgan fingerprint density at radius 3 is 1.35 bits per heavy atom. The average Bonchev–Trinajstić information content (AvgIpc) is 2.29. The molecule has 0 saturated carbocycles. The normalized spacial score (nSPS) is 13.1. The maximum absolute atomic E-state index is 10.8. The Morgan fingerprint density at radius 2 is 1.15 bits per heavy atom. The lowest BCUT2D eigenvalue weighted by Crippen LogP contribution is -2.42. The molecule has 0 saturated heterocycles. The largest absolute Gasteiger partial charge is 0.480 e. The second-order valence-corrected chi connectivity index (χ2v) is 6.30. The van der Waals surface area contributed by atoms with E-state index in [1.165, 1.54) is 13.8 Å². The summed E-state index contributed by atoms with van der Waals surface area (Å²) in [5, 5.41) is 22.2. The van der Waals surface area contributed by atoms with E-state index in [2.05, 4.69) is 10.6 Å². The minimum atomic E-state index is -1.16. The van der Waals surface area contributed by atoms with E-state index in [1.54, 1.807) is 0 Å². The van der Waals surface area contributed by atoms with E-state index >= 15 is 0 Å². The first-order chi connectivity index (χ1) is 9.23. The van der Waals surface area contributed by atoms with E-state index in [1.807, 2.05) is 0 Å². The van der Waals surface area contributed by atoms with Crippen LogP contribution in [0.5, 0.6) is 0 Å². The van der Waals surface area contributed by atoms with Gasteiger partial charge < -0.3 is 20.8 Å². The van der Waals surface area contributed by atoms with Crippen molar-refractivity contribution in [1.29, 1.82) is 0 Å². The molecule has 2 amide bonds. The van der Waals surface area contributed by atoms with Gasteiger partial charge in [-0.05, 0) is 0 Å². The Labute approximate surface area is 123 Å². The van der Waals surface area contributed by atoms with Gasteiger partial charge in [-0.1, -0.05) is 21.6 Å². The zero-order valence-corrected chi connectivity index (χ0v) is 12.5. The summed E-state index contributed by atoms with van der Waals surface area (Å²) in [5.74, 6) is -3.05. The fourth-order valence-corrected chi connectivity index (χ4v) is 3.38. The van der Waals surface area contributed by atoms with Crippen LogP contribution in [0.2, 0.25) is 0 Å². The van der Waals surface area contributed by atoms with Crippen LogP contribution in [0.1, 0.15) is 13.8 Å². The monoisotopic (exact) mass is 324 g/mol. The number of carbonyl (C=O) groups is 4. The van der Waals surface area contributed by atoms with Crippen molar-refractivity contribution in [3.05, 3.63) is 0 Å². The number of hydrogen-bond donors (Lipinski definition) is 4. The van der Waals surface area contributed by atoms with Gasteiger partial charge in [0.25, 0.3) is 0 Å². The van der Waals surface area contributed by atoms with Crippen molar-refractivity contribution in [1.82, 2.24) is 10.6 Å². The Morgan fingerprint density at radius 1 is 0.850 bits per heavy atom. The van der Waals surface area contributed by atoms with Crippen molar-refractivity contribution >= 4 is 45.3 Å². The molecule has 8 nitrogen and oxygen atoms in total. The van der Waals surface area contributed by atoms with Crippen LogP contribution in [-0.4, -0.2) is 57.6 Å². The third-order valence-electron chi connectivity index (χ3n) is 1.90. The minimum absolute atomic E-state index is 0.0893. The number of carboxylic acids is 2. The summed E-state index contributed by atoms with van der Waals surface area (Å²) < 4.78 is 0. The molecule has 0 rings (SSSR count). The van der Waals surface area contributed by atoms with E-state index in [4.69, 9.17) is 10.2 Å². The summed E-state index contributed by atoms with van der Waals surface area (Å²) in [4.78, 5) is 43.2. The first kappa shape index (κ1) is 18.6. The van der Waals surface area contributed by atoms with E-state index < -0.39 is 35.8 Å². The first-order valence-corrected chi connectivity index (χ1v) is 7.97. The van der Waals surface area contributed by atoms with Crippen molar-refractivity contribution in [2.45, 2.75) is 25.9 Å². The van der Waals surface area contributed by atoms with Gasteiger partial charge in [0.15, 0.2) is 0 Å². The van der Waals surface area contributed by atoms with Crippen molar-refractivity contribution in [2.75, 3.05) is 11.5 Å². The molecule has 114 valence electrons. The predicted molar refractivity (Wildman–Crippen MR) is 75.4 cm³/mol. The minimum Gasteiger partial charge on any atom is -0.480 e. The van der Waals surface area contributed by atoms with Gasteiger partial charge in [0, 0.05) is 25.4 Å². The van der Waals surface area contributed by atoms with Crippen molar-refractivity contribution < 1.29 is 29.4 Å². The number of rotatable bonds is 9. The van der Waals surface area contributed by atoms with Crippen LogP contribution in [0.4, 0.5) is 0 Å². The molecule has 0 aliphatic carbocycles. The molecule has 0 aromatic carbocycles. The highest BCUT2D eigenvalue weighted by atomic mass is 33.1. The quantitative estimate of drug-likeness (QED) is 0.331. The first-order valence-electron chi connectivity index (χ1n) is 5.48. The smallest absolute Gasteiger partial charge is 0.327 e. The summed E-state index contributed by atoms with van der Waals surface area (Å²) in [6.07, 6.45) is 0. The van der Waals surface area contributed by atoms with Crippen molar-refractivity contribution in [3.63, 3.8) is 0 Å². The fraction of sp³-hybridized carbons (Fsp3) is 0.600. The van der Waals surface area contributed by atoms with E-state index in [0.717, 1.165) is 21.6 Å². The molecule has 0 bridgehead atoms. The summed E-state index contributed by atoms with van der Waals surface area (Å²) in [6.45, 7) is 2.43. The van der Waals surface area contributed by atoms with Crippen molar-refractivity contribution in [2.24, 2.45) is 0 Å².